The van der Waals surface area contributed by atoms with E-state index in [1.54, 1.807) is 12.1 Å². The fourth-order valence-electron chi connectivity index (χ4n) is 2.33. The molecular weight excluding hydrogens is 257 g/mol. The van der Waals surface area contributed by atoms with Gasteiger partial charge in [0.1, 0.15) is 11.9 Å². The number of morpholine rings is 1. The van der Waals surface area contributed by atoms with Gasteiger partial charge in [0.2, 0.25) is 5.91 Å². The van der Waals surface area contributed by atoms with Crippen LogP contribution in [0.1, 0.15) is 38.4 Å². The molecule has 1 amide bonds. The van der Waals surface area contributed by atoms with Gasteiger partial charge < -0.3 is 9.64 Å². The third-order valence-electron chi connectivity index (χ3n) is 3.60. The Morgan fingerprint density at radius 3 is 2.75 bits per heavy atom. The number of rotatable bonds is 4. The number of halogens is 1. The van der Waals surface area contributed by atoms with Gasteiger partial charge >= 0.3 is 0 Å². The summed E-state index contributed by atoms with van der Waals surface area (Å²) in [7, 11) is 0. The Hall–Kier alpha value is -1.42. The number of hydrogen-bond donors (Lipinski definition) is 0. The van der Waals surface area contributed by atoms with Gasteiger partial charge in [-0.05, 0) is 30.0 Å². The Bertz CT molecular complexity index is 444. The van der Waals surface area contributed by atoms with Gasteiger partial charge in [-0.2, -0.15) is 0 Å². The molecule has 3 nitrogen and oxygen atoms in total. The Morgan fingerprint density at radius 2 is 2.10 bits per heavy atom. The number of ether oxygens (including phenoxy) is 1. The Morgan fingerprint density at radius 1 is 1.40 bits per heavy atom. The standard InChI is InChI=1S/C16H22FNO2/c1-12(2)3-8-16(19)18-9-10-20-15(11-18)13-4-6-14(17)7-5-13/h4-7,12,15H,3,8-11H2,1-2H3/t15-/m1/s1. The quantitative estimate of drug-likeness (QED) is 0.847. The number of carbonyl (C=O) groups excluding carboxylic acids is 1. The minimum atomic E-state index is -0.255. The number of nitrogens with zero attached hydrogens (tertiary/aromatic N) is 1. The van der Waals surface area contributed by atoms with Crippen molar-refractivity contribution in [2.75, 3.05) is 19.7 Å². The lowest BCUT2D eigenvalue weighted by atomic mass is 10.1. The number of carbonyl (C=O) groups is 1. The van der Waals surface area contributed by atoms with Crippen molar-refractivity contribution in [2.24, 2.45) is 5.92 Å². The second-order valence-electron chi connectivity index (χ2n) is 5.68. The second kappa shape index (κ2) is 6.84. The number of amides is 1. The van der Waals surface area contributed by atoms with Crippen LogP contribution in [0.4, 0.5) is 4.39 Å². The Labute approximate surface area is 119 Å². The molecule has 0 spiro atoms. The maximum Gasteiger partial charge on any atom is 0.222 e. The van der Waals surface area contributed by atoms with Crippen LogP contribution in [0.3, 0.4) is 0 Å². The van der Waals surface area contributed by atoms with Crippen molar-refractivity contribution in [3.63, 3.8) is 0 Å². The summed E-state index contributed by atoms with van der Waals surface area (Å²) in [6.07, 6.45) is 1.36. The van der Waals surface area contributed by atoms with Crippen LogP contribution in [-0.2, 0) is 9.53 Å². The highest BCUT2D eigenvalue weighted by atomic mass is 19.1. The fourth-order valence-corrected chi connectivity index (χ4v) is 2.33. The summed E-state index contributed by atoms with van der Waals surface area (Å²) in [4.78, 5) is 14.0. The average molecular weight is 279 g/mol. The minimum Gasteiger partial charge on any atom is -0.370 e. The Balaban J connectivity index is 1.94. The molecule has 0 saturated carbocycles. The van der Waals surface area contributed by atoms with Crippen LogP contribution >= 0.6 is 0 Å². The first-order valence-electron chi connectivity index (χ1n) is 7.21. The van der Waals surface area contributed by atoms with E-state index in [4.69, 9.17) is 4.74 Å². The monoisotopic (exact) mass is 279 g/mol. The fraction of sp³-hybridized carbons (Fsp3) is 0.562. The van der Waals surface area contributed by atoms with E-state index < -0.39 is 0 Å². The van der Waals surface area contributed by atoms with Crippen LogP contribution in [0.5, 0.6) is 0 Å². The highest BCUT2D eigenvalue weighted by Gasteiger charge is 2.25. The van der Waals surface area contributed by atoms with E-state index in [0.29, 0.717) is 32.0 Å². The van der Waals surface area contributed by atoms with Crippen molar-refractivity contribution < 1.29 is 13.9 Å². The first-order chi connectivity index (χ1) is 9.56. The van der Waals surface area contributed by atoms with E-state index in [1.165, 1.54) is 12.1 Å². The van der Waals surface area contributed by atoms with Crippen molar-refractivity contribution >= 4 is 5.91 Å². The molecule has 4 heteroatoms. The molecule has 0 bridgehead atoms. The van der Waals surface area contributed by atoms with Crippen LogP contribution in [0.2, 0.25) is 0 Å². The molecule has 1 saturated heterocycles. The highest BCUT2D eigenvalue weighted by molar-refractivity contribution is 5.76. The van der Waals surface area contributed by atoms with Crippen LogP contribution in [0.25, 0.3) is 0 Å². The first kappa shape index (κ1) is 15.0. The predicted octanol–water partition coefficient (Wildman–Crippen LogP) is 3.16. The van der Waals surface area contributed by atoms with Gasteiger partial charge in [-0.25, -0.2) is 4.39 Å². The summed E-state index contributed by atoms with van der Waals surface area (Å²) in [5.41, 5.74) is 0.924. The van der Waals surface area contributed by atoms with Gasteiger partial charge in [-0.1, -0.05) is 26.0 Å². The molecule has 20 heavy (non-hydrogen) atoms. The number of hydrogen-bond acceptors (Lipinski definition) is 2. The van der Waals surface area contributed by atoms with E-state index in [0.717, 1.165) is 12.0 Å². The maximum atomic E-state index is 12.9. The van der Waals surface area contributed by atoms with Gasteiger partial charge in [0, 0.05) is 13.0 Å². The van der Waals surface area contributed by atoms with Crippen molar-refractivity contribution in [3.8, 4) is 0 Å². The van der Waals surface area contributed by atoms with E-state index in [9.17, 15) is 9.18 Å². The lowest BCUT2D eigenvalue weighted by Crippen LogP contribution is -2.42. The predicted molar refractivity (Wildman–Crippen MR) is 75.7 cm³/mol. The van der Waals surface area contributed by atoms with Crippen molar-refractivity contribution in [1.29, 1.82) is 0 Å². The zero-order valence-corrected chi connectivity index (χ0v) is 12.1. The molecule has 1 heterocycles. The lowest BCUT2D eigenvalue weighted by Gasteiger charge is -2.33. The van der Waals surface area contributed by atoms with E-state index in [-0.39, 0.29) is 17.8 Å². The van der Waals surface area contributed by atoms with Gasteiger partial charge in [0.15, 0.2) is 0 Å². The molecule has 1 aromatic carbocycles. The highest BCUT2D eigenvalue weighted by Crippen LogP contribution is 2.23. The topological polar surface area (TPSA) is 29.5 Å². The van der Waals surface area contributed by atoms with Crippen molar-refractivity contribution in [1.82, 2.24) is 4.90 Å². The Kier molecular flexibility index (Phi) is 5.12. The van der Waals surface area contributed by atoms with Gasteiger partial charge in [0.05, 0.1) is 13.2 Å². The molecule has 0 unspecified atom stereocenters. The molecule has 0 aromatic heterocycles. The largest absolute Gasteiger partial charge is 0.370 e. The third-order valence-corrected chi connectivity index (χ3v) is 3.60. The molecule has 2 rings (SSSR count). The van der Waals surface area contributed by atoms with Gasteiger partial charge in [0.25, 0.3) is 0 Å². The van der Waals surface area contributed by atoms with Crippen LogP contribution < -0.4 is 0 Å². The maximum absolute atomic E-state index is 12.9. The van der Waals surface area contributed by atoms with Gasteiger partial charge in [-0.15, -0.1) is 0 Å². The molecule has 110 valence electrons. The molecule has 1 fully saturated rings. The van der Waals surface area contributed by atoms with E-state index >= 15 is 0 Å². The molecule has 0 aliphatic carbocycles. The molecule has 1 aromatic rings. The smallest absolute Gasteiger partial charge is 0.222 e. The molecule has 1 atom stereocenters. The molecule has 0 radical (unpaired) electrons. The minimum absolute atomic E-state index is 0.146. The zero-order chi connectivity index (χ0) is 14.5. The third kappa shape index (κ3) is 4.04. The summed E-state index contributed by atoms with van der Waals surface area (Å²) < 4.78 is 18.6. The zero-order valence-electron chi connectivity index (χ0n) is 12.1. The number of benzene rings is 1. The summed E-state index contributed by atoms with van der Waals surface area (Å²) in [6.45, 7) is 5.98. The summed E-state index contributed by atoms with van der Waals surface area (Å²) in [5.74, 6) is 0.469. The summed E-state index contributed by atoms with van der Waals surface area (Å²) >= 11 is 0. The summed E-state index contributed by atoms with van der Waals surface area (Å²) in [6, 6.07) is 6.31. The van der Waals surface area contributed by atoms with Gasteiger partial charge in [-0.3, -0.25) is 4.79 Å². The molecule has 1 aliphatic rings. The van der Waals surface area contributed by atoms with Crippen LogP contribution in [0, 0.1) is 11.7 Å². The first-order valence-corrected chi connectivity index (χ1v) is 7.21. The van der Waals surface area contributed by atoms with Crippen LogP contribution in [0.15, 0.2) is 24.3 Å². The van der Waals surface area contributed by atoms with Crippen molar-refractivity contribution in [2.45, 2.75) is 32.8 Å². The van der Waals surface area contributed by atoms with E-state index in [2.05, 4.69) is 13.8 Å². The van der Waals surface area contributed by atoms with Crippen molar-refractivity contribution in [3.05, 3.63) is 35.6 Å². The van der Waals surface area contributed by atoms with Crippen LogP contribution in [-0.4, -0.2) is 30.5 Å². The van der Waals surface area contributed by atoms with E-state index in [1.807, 2.05) is 4.90 Å². The SMILES string of the molecule is CC(C)CCC(=O)N1CCO[C@@H](c2ccc(F)cc2)C1. The molecule has 0 N–H and O–H groups in total. The second-order valence-corrected chi connectivity index (χ2v) is 5.68. The average Bonchev–Trinajstić information content (AvgIpc) is 2.45. The molecular formula is C16H22FNO2. The normalized spacial score (nSPS) is 19.4. The lowest BCUT2D eigenvalue weighted by molar-refractivity contribution is -0.139. The summed E-state index contributed by atoms with van der Waals surface area (Å²) in [5, 5.41) is 0. The molecule has 1 aliphatic heterocycles.